The van der Waals surface area contributed by atoms with E-state index in [9.17, 15) is 0 Å². The molecule has 5 nitrogen and oxygen atoms in total. The fourth-order valence-corrected chi connectivity index (χ4v) is 2.00. The molecule has 0 saturated carbocycles. The van der Waals surface area contributed by atoms with Crippen molar-refractivity contribution in [2.75, 3.05) is 30.9 Å². The predicted molar refractivity (Wildman–Crippen MR) is 86.3 cm³/mol. The van der Waals surface area contributed by atoms with E-state index in [1.165, 1.54) is 11.1 Å². The Morgan fingerprint density at radius 1 is 1.14 bits per heavy atom. The first-order valence-electron chi connectivity index (χ1n) is 7.02. The van der Waals surface area contributed by atoms with Crippen LogP contribution in [-0.4, -0.2) is 30.2 Å². The Labute approximate surface area is 125 Å². The Kier molecular flexibility index (Phi) is 5.11. The van der Waals surface area contributed by atoms with Gasteiger partial charge >= 0.3 is 0 Å². The molecular formula is C16H22N4O. The molecular weight excluding hydrogens is 264 g/mol. The standard InChI is InChI=1S/C16H22N4O/c1-11-6-5-7-14(13(11)3)19-15-10-12(2)18-16(20-15)17-8-9-21-4/h5-7,10H,8-9H2,1-4H3,(H2,17,18,19,20). The average molecular weight is 286 g/mol. The van der Waals surface area contributed by atoms with Gasteiger partial charge in [-0.05, 0) is 38.0 Å². The predicted octanol–water partition coefficient (Wildman–Crippen LogP) is 3.20. The van der Waals surface area contributed by atoms with Crippen molar-refractivity contribution in [2.45, 2.75) is 20.8 Å². The van der Waals surface area contributed by atoms with E-state index in [2.05, 4.69) is 46.6 Å². The first-order valence-corrected chi connectivity index (χ1v) is 7.02. The van der Waals surface area contributed by atoms with Crippen molar-refractivity contribution in [2.24, 2.45) is 0 Å². The summed E-state index contributed by atoms with van der Waals surface area (Å²) in [6, 6.07) is 8.13. The van der Waals surface area contributed by atoms with Crippen LogP contribution in [0.1, 0.15) is 16.8 Å². The third-order valence-corrected chi connectivity index (χ3v) is 3.31. The minimum Gasteiger partial charge on any atom is -0.383 e. The molecule has 0 radical (unpaired) electrons. The number of rotatable bonds is 6. The third-order valence-electron chi connectivity index (χ3n) is 3.31. The number of anilines is 3. The van der Waals surface area contributed by atoms with Gasteiger partial charge in [-0.25, -0.2) is 4.98 Å². The molecule has 0 aliphatic rings. The van der Waals surface area contributed by atoms with Crippen LogP contribution in [0.25, 0.3) is 0 Å². The normalized spacial score (nSPS) is 10.5. The fraction of sp³-hybridized carbons (Fsp3) is 0.375. The van der Waals surface area contributed by atoms with Crippen LogP contribution in [0, 0.1) is 20.8 Å². The Balaban J connectivity index is 2.17. The Morgan fingerprint density at radius 2 is 1.95 bits per heavy atom. The van der Waals surface area contributed by atoms with E-state index in [-0.39, 0.29) is 0 Å². The van der Waals surface area contributed by atoms with Crippen molar-refractivity contribution < 1.29 is 4.74 Å². The summed E-state index contributed by atoms with van der Waals surface area (Å²) in [5.41, 5.74) is 4.46. The quantitative estimate of drug-likeness (QED) is 0.799. The molecule has 112 valence electrons. The molecule has 0 spiro atoms. The average Bonchev–Trinajstić information content (AvgIpc) is 2.44. The molecule has 0 unspecified atom stereocenters. The number of methoxy groups -OCH3 is 1. The second-order valence-corrected chi connectivity index (χ2v) is 5.01. The van der Waals surface area contributed by atoms with Gasteiger partial charge in [0.1, 0.15) is 5.82 Å². The number of ether oxygens (including phenoxy) is 1. The lowest BCUT2D eigenvalue weighted by atomic mass is 10.1. The van der Waals surface area contributed by atoms with Crippen LogP contribution in [-0.2, 0) is 4.74 Å². The van der Waals surface area contributed by atoms with E-state index in [0.29, 0.717) is 19.1 Å². The maximum Gasteiger partial charge on any atom is 0.224 e. The third kappa shape index (κ3) is 4.16. The van der Waals surface area contributed by atoms with Gasteiger partial charge in [-0.15, -0.1) is 0 Å². The van der Waals surface area contributed by atoms with E-state index < -0.39 is 0 Å². The monoisotopic (exact) mass is 286 g/mol. The van der Waals surface area contributed by atoms with E-state index in [1.54, 1.807) is 7.11 Å². The number of hydrogen-bond acceptors (Lipinski definition) is 5. The largest absolute Gasteiger partial charge is 0.383 e. The van der Waals surface area contributed by atoms with Crippen LogP contribution >= 0.6 is 0 Å². The Hall–Kier alpha value is -2.14. The summed E-state index contributed by atoms with van der Waals surface area (Å²) in [5.74, 6) is 1.40. The number of aryl methyl sites for hydroxylation is 2. The number of aromatic nitrogens is 2. The first-order chi connectivity index (χ1) is 10.1. The molecule has 0 aliphatic carbocycles. The summed E-state index contributed by atoms with van der Waals surface area (Å²) in [4.78, 5) is 8.85. The summed E-state index contributed by atoms with van der Waals surface area (Å²) < 4.78 is 5.01. The molecule has 0 aliphatic heterocycles. The van der Waals surface area contributed by atoms with Crippen molar-refractivity contribution in [3.05, 3.63) is 41.1 Å². The molecule has 2 rings (SSSR count). The summed E-state index contributed by atoms with van der Waals surface area (Å²) in [6.07, 6.45) is 0. The molecule has 0 bridgehead atoms. The highest BCUT2D eigenvalue weighted by molar-refractivity contribution is 5.62. The van der Waals surface area contributed by atoms with Crippen molar-refractivity contribution in [3.63, 3.8) is 0 Å². The summed E-state index contributed by atoms with van der Waals surface area (Å²) in [6.45, 7) is 7.46. The van der Waals surface area contributed by atoms with Crippen LogP contribution < -0.4 is 10.6 Å². The summed E-state index contributed by atoms with van der Waals surface area (Å²) in [5, 5.41) is 6.51. The van der Waals surface area contributed by atoms with Gasteiger partial charge in [-0.3, -0.25) is 0 Å². The molecule has 2 aromatic rings. The van der Waals surface area contributed by atoms with Gasteiger partial charge < -0.3 is 15.4 Å². The van der Waals surface area contributed by atoms with Crippen LogP contribution in [0.15, 0.2) is 24.3 Å². The maximum absolute atomic E-state index is 5.01. The summed E-state index contributed by atoms with van der Waals surface area (Å²) >= 11 is 0. The van der Waals surface area contributed by atoms with Gasteiger partial charge in [0.05, 0.1) is 6.61 Å². The van der Waals surface area contributed by atoms with Gasteiger partial charge in [0.2, 0.25) is 5.95 Å². The zero-order valence-corrected chi connectivity index (χ0v) is 13.0. The van der Waals surface area contributed by atoms with E-state index in [0.717, 1.165) is 17.2 Å². The highest BCUT2D eigenvalue weighted by atomic mass is 16.5. The van der Waals surface area contributed by atoms with Gasteiger partial charge in [-0.1, -0.05) is 12.1 Å². The SMILES string of the molecule is COCCNc1nc(C)cc(Nc2cccc(C)c2C)n1. The van der Waals surface area contributed by atoms with E-state index in [1.807, 2.05) is 19.1 Å². The molecule has 1 aromatic heterocycles. The number of nitrogens with one attached hydrogen (secondary N) is 2. The molecule has 21 heavy (non-hydrogen) atoms. The van der Waals surface area contributed by atoms with Crippen LogP contribution in [0.3, 0.4) is 0 Å². The highest BCUT2D eigenvalue weighted by Gasteiger charge is 2.05. The molecule has 1 aromatic carbocycles. The van der Waals surface area contributed by atoms with Gasteiger partial charge in [0.25, 0.3) is 0 Å². The van der Waals surface area contributed by atoms with Crippen molar-refractivity contribution in [3.8, 4) is 0 Å². The lowest BCUT2D eigenvalue weighted by molar-refractivity contribution is 0.210. The number of benzene rings is 1. The fourth-order valence-electron chi connectivity index (χ4n) is 2.00. The molecule has 0 saturated heterocycles. The Bertz CT molecular complexity index is 613. The lowest BCUT2D eigenvalue weighted by Gasteiger charge is -2.12. The highest BCUT2D eigenvalue weighted by Crippen LogP contribution is 2.22. The molecule has 2 N–H and O–H groups in total. The molecule has 1 heterocycles. The molecule has 0 atom stereocenters. The number of nitrogens with zero attached hydrogens (tertiary/aromatic N) is 2. The smallest absolute Gasteiger partial charge is 0.224 e. The van der Waals surface area contributed by atoms with Crippen LogP contribution in [0.5, 0.6) is 0 Å². The number of hydrogen-bond donors (Lipinski definition) is 2. The van der Waals surface area contributed by atoms with Crippen LogP contribution in [0.2, 0.25) is 0 Å². The molecule has 0 amide bonds. The van der Waals surface area contributed by atoms with E-state index >= 15 is 0 Å². The lowest BCUT2D eigenvalue weighted by Crippen LogP contribution is -2.11. The maximum atomic E-state index is 5.01. The van der Waals surface area contributed by atoms with Gasteiger partial charge in [0.15, 0.2) is 0 Å². The Morgan fingerprint density at radius 3 is 2.71 bits per heavy atom. The topological polar surface area (TPSA) is 59.1 Å². The van der Waals surface area contributed by atoms with Crippen molar-refractivity contribution in [1.82, 2.24) is 9.97 Å². The minimum absolute atomic E-state index is 0.611. The minimum atomic E-state index is 0.611. The second kappa shape index (κ2) is 7.04. The molecule has 5 heteroatoms. The van der Waals surface area contributed by atoms with Gasteiger partial charge in [-0.2, -0.15) is 4.98 Å². The second-order valence-electron chi connectivity index (χ2n) is 5.01. The van der Waals surface area contributed by atoms with Crippen LogP contribution in [0.4, 0.5) is 17.5 Å². The van der Waals surface area contributed by atoms with E-state index in [4.69, 9.17) is 4.74 Å². The zero-order valence-electron chi connectivity index (χ0n) is 13.0. The zero-order chi connectivity index (χ0) is 15.2. The first kappa shape index (κ1) is 15.3. The van der Waals surface area contributed by atoms with Gasteiger partial charge in [0, 0.05) is 31.1 Å². The van der Waals surface area contributed by atoms with Crippen molar-refractivity contribution >= 4 is 17.5 Å². The molecule has 0 fully saturated rings. The van der Waals surface area contributed by atoms with Crippen molar-refractivity contribution in [1.29, 1.82) is 0 Å². The summed E-state index contributed by atoms with van der Waals surface area (Å²) in [7, 11) is 1.67.